The van der Waals surface area contributed by atoms with Gasteiger partial charge in [0.15, 0.2) is 0 Å². The van der Waals surface area contributed by atoms with E-state index in [-0.39, 0.29) is 10.7 Å². The van der Waals surface area contributed by atoms with E-state index in [1.54, 1.807) is 0 Å². The van der Waals surface area contributed by atoms with Crippen molar-refractivity contribution >= 4 is 10.8 Å². The van der Waals surface area contributed by atoms with E-state index in [4.69, 9.17) is 0 Å². The third-order valence-corrected chi connectivity index (χ3v) is 6.44. The molecule has 2 rings (SSSR count). The highest BCUT2D eigenvalue weighted by Gasteiger charge is 2.44. The number of hydrogen-bond acceptors (Lipinski definition) is 2. The molecule has 0 radical (unpaired) electrons. The highest BCUT2D eigenvalue weighted by Crippen LogP contribution is 2.41. The summed E-state index contributed by atoms with van der Waals surface area (Å²) in [6, 6.07) is 8.44. The van der Waals surface area contributed by atoms with E-state index in [1.165, 1.54) is 0 Å². The fraction of sp³-hybridized carbons (Fsp3) is 0.647. The first-order valence-corrected chi connectivity index (χ1v) is 8.88. The second-order valence-corrected chi connectivity index (χ2v) is 8.20. The van der Waals surface area contributed by atoms with Gasteiger partial charge in [-0.2, -0.15) is 0 Å². The van der Waals surface area contributed by atoms with Crippen molar-refractivity contribution in [2.45, 2.75) is 63.1 Å². The van der Waals surface area contributed by atoms with Crippen LogP contribution < -0.4 is 5.32 Å². The van der Waals surface area contributed by atoms with Crippen LogP contribution in [0.3, 0.4) is 0 Å². The van der Waals surface area contributed by atoms with Gasteiger partial charge < -0.3 is 5.32 Å². The molecule has 3 unspecified atom stereocenters. The molecule has 0 saturated heterocycles. The summed E-state index contributed by atoms with van der Waals surface area (Å²) in [7, 11) is -0.913. The van der Waals surface area contributed by atoms with Crippen LogP contribution in [-0.4, -0.2) is 22.0 Å². The van der Waals surface area contributed by atoms with Crippen molar-refractivity contribution in [2.24, 2.45) is 5.41 Å². The molecule has 0 spiro atoms. The van der Waals surface area contributed by atoms with Crippen LogP contribution in [0.2, 0.25) is 0 Å². The Morgan fingerprint density at radius 3 is 2.70 bits per heavy atom. The zero-order chi connectivity index (χ0) is 14.8. The Labute approximate surface area is 125 Å². The first-order chi connectivity index (χ1) is 9.47. The van der Waals surface area contributed by atoms with Crippen LogP contribution >= 0.6 is 0 Å². The van der Waals surface area contributed by atoms with Gasteiger partial charge >= 0.3 is 0 Å². The summed E-state index contributed by atoms with van der Waals surface area (Å²) in [6.45, 7) is 9.85. The number of rotatable bonds is 5. The lowest BCUT2D eigenvalue weighted by Gasteiger charge is -2.31. The van der Waals surface area contributed by atoms with E-state index in [1.807, 2.05) is 18.2 Å². The lowest BCUT2D eigenvalue weighted by molar-refractivity contribution is 0.286. The van der Waals surface area contributed by atoms with Crippen molar-refractivity contribution in [1.82, 2.24) is 5.32 Å². The maximum Gasteiger partial charge on any atom is 0.0579 e. The van der Waals surface area contributed by atoms with E-state index in [9.17, 15) is 4.21 Å². The van der Waals surface area contributed by atoms with Crippen LogP contribution in [0.4, 0.5) is 0 Å². The van der Waals surface area contributed by atoms with Crippen LogP contribution in [0.15, 0.2) is 29.2 Å². The lowest BCUT2D eigenvalue weighted by atomic mass is 9.87. The van der Waals surface area contributed by atoms with Crippen molar-refractivity contribution in [3.8, 4) is 0 Å². The third kappa shape index (κ3) is 3.15. The average Bonchev–Trinajstić information content (AvgIpc) is 2.71. The number of nitrogens with one attached hydrogen (secondary N) is 1. The molecule has 1 aliphatic carbocycles. The first kappa shape index (κ1) is 15.7. The Balaban J connectivity index is 2.22. The van der Waals surface area contributed by atoms with Crippen LogP contribution in [0, 0.1) is 12.3 Å². The molecule has 1 aromatic rings. The molecule has 20 heavy (non-hydrogen) atoms. The van der Waals surface area contributed by atoms with Gasteiger partial charge in [0, 0.05) is 10.9 Å². The van der Waals surface area contributed by atoms with E-state index in [0.29, 0.717) is 6.04 Å². The fourth-order valence-corrected chi connectivity index (χ4v) is 5.19. The Hall–Kier alpha value is -0.670. The SMILES string of the molecule is CCCNC1C(S(=O)c2ccccc2C)CCC1(C)C. The molecule has 112 valence electrons. The molecule has 1 fully saturated rings. The van der Waals surface area contributed by atoms with Crippen LogP contribution in [0.1, 0.15) is 45.6 Å². The Morgan fingerprint density at radius 1 is 1.35 bits per heavy atom. The molecule has 1 N–H and O–H groups in total. The largest absolute Gasteiger partial charge is 0.312 e. The van der Waals surface area contributed by atoms with E-state index >= 15 is 0 Å². The molecule has 0 aromatic heterocycles. The molecular weight excluding hydrogens is 266 g/mol. The van der Waals surface area contributed by atoms with Gasteiger partial charge in [0.25, 0.3) is 0 Å². The fourth-order valence-electron chi connectivity index (χ4n) is 3.22. The smallest absolute Gasteiger partial charge is 0.0579 e. The standard InChI is InChI=1S/C17H27NOS/c1-5-12-18-16-15(10-11-17(16,3)4)20(19)14-9-7-6-8-13(14)2/h6-9,15-16,18H,5,10-12H2,1-4H3. The Bertz CT molecular complexity index is 484. The minimum Gasteiger partial charge on any atom is -0.312 e. The second kappa shape index (κ2) is 6.40. The first-order valence-electron chi connectivity index (χ1n) is 7.67. The number of benzene rings is 1. The highest BCUT2D eigenvalue weighted by molar-refractivity contribution is 7.85. The zero-order valence-electron chi connectivity index (χ0n) is 13.1. The van der Waals surface area contributed by atoms with E-state index < -0.39 is 10.8 Å². The van der Waals surface area contributed by atoms with Gasteiger partial charge in [0.05, 0.1) is 16.0 Å². The molecule has 1 aromatic carbocycles. The number of hydrogen-bond donors (Lipinski definition) is 1. The van der Waals surface area contributed by atoms with Crippen molar-refractivity contribution in [1.29, 1.82) is 0 Å². The van der Waals surface area contributed by atoms with Gasteiger partial charge in [-0.1, -0.05) is 39.0 Å². The van der Waals surface area contributed by atoms with Gasteiger partial charge in [-0.25, -0.2) is 0 Å². The molecule has 1 saturated carbocycles. The van der Waals surface area contributed by atoms with Gasteiger partial charge in [-0.05, 0) is 49.8 Å². The molecular formula is C17H27NOS. The molecule has 0 heterocycles. The van der Waals surface area contributed by atoms with Crippen molar-refractivity contribution in [3.05, 3.63) is 29.8 Å². The van der Waals surface area contributed by atoms with Crippen molar-refractivity contribution in [3.63, 3.8) is 0 Å². The van der Waals surface area contributed by atoms with Crippen LogP contribution in [0.5, 0.6) is 0 Å². The predicted octanol–water partition coefficient (Wildman–Crippen LogP) is 3.66. The minimum atomic E-state index is -0.913. The lowest BCUT2D eigenvalue weighted by Crippen LogP contribution is -2.46. The summed E-state index contributed by atoms with van der Waals surface area (Å²) < 4.78 is 13.0. The minimum absolute atomic E-state index is 0.234. The normalized spacial score (nSPS) is 26.6. The molecule has 2 nitrogen and oxygen atoms in total. The highest BCUT2D eigenvalue weighted by atomic mass is 32.2. The summed E-state index contributed by atoms with van der Waals surface area (Å²) in [5.74, 6) is 0. The molecule has 0 aliphatic heterocycles. The Kier molecular flexibility index (Phi) is 5.03. The summed E-state index contributed by atoms with van der Waals surface area (Å²) in [4.78, 5) is 1.01. The quantitative estimate of drug-likeness (QED) is 0.897. The topological polar surface area (TPSA) is 29.1 Å². The van der Waals surface area contributed by atoms with E-state index in [0.717, 1.165) is 36.3 Å². The van der Waals surface area contributed by atoms with Gasteiger partial charge in [0.1, 0.15) is 0 Å². The van der Waals surface area contributed by atoms with Gasteiger partial charge in [-0.15, -0.1) is 0 Å². The molecule has 0 amide bonds. The van der Waals surface area contributed by atoms with Gasteiger partial charge in [-0.3, -0.25) is 4.21 Å². The third-order valence-electron chi connectivity index (χ3n) is 4.49. The monoisotopic (exact) mass is 293 g/mol. The predicted molar refractivity (Wildman–Crippen MR) is 86.5 cm³/mol. The van der Waals surface area contributed by atoms with E-state index in [2.05, 4.69) is 39.1 Å². The van der Waals surface area contributed by atoms with Crippen molar-refractivity contribution in [2.75, 3.05) is 6.54 Å². The summed E-state index contributed by atoms with van der Waals surface area (Å²) in [6.07, 6.45) is 3.32. The van der Waals surface area contributed by atoms with Crippen LogP contribution in [0.25, 0.3) is 0 Å². The summed E-state index contributed by atoms with van der Waals surface area (Å²) >= 11 is 0. The molecule has 1 aliphatic rings. The Morgan fingerprint density at radius 2 is 2.05 bits per heavy atom. The molecule has 3 atom stereocenters. The average molecular weight is 293 g/mol. The van der Waals surface area contributed by atoms with Gasteiger partial charge in [0.2, 0.25) is 0 Å². The molecule has 3 heteroatoms. The zero-order valence-corrected chi connectivity index (χ0v) is 13.9. The van der Waals surface area contributed by atoms with Crippen molar-refractivity contribution < 1.29 is 4.21 Å². The maximum absolute atomic E-state index is 13.0. The summed E-state index contributed by atoms with van der Waals surface area (Å²) in [5, 5.41) is 3.88. The molecule has 0 bridgehead atoms. The summed E-state index contributed by atoms with van der Waals surface area (Å²) in [5.41, 5.74) is 1.38. The number of aryl methyl sites for hydroxylation is 1. The second-order valence-electron chi connectivity index (χ2n) is 6.56. The maximum atomic E-state index is 13.0. The van der Waals surface area contributed by atoms with Crippen LogP contribution in [-0.2, 0) is 10.8 Å².